The van der Waals surface area contributed by atoms with Crippen LogP contribution < -0.4 is 10.8 Å². The first-order valence-corrected chi connectivity index (χ1v) is 7.65. The minimum absolute atomic E-state index is 0.412. The molecule has 1 saturated carbocycles. The molecule has 104 valence electrons. The minimum atomic E-state index is 0.412. The first kappa shape index (κ1) is 15.1. The Labute approximate surface area is 124 Å². The molecule has 0 bridgehead atoms. The molecular weight excluding hydrogens is 269 g/mol. The average Bonchev–Trinajstić information content (AvgIpc) is 2.91. The van der Waals surface area contributed by atoms with Crippen LogP contribution in [0.4, 0.5) is 0 Å². The Kier molecular flexibility index (Phi) is 5.67. The molecule has 0 aliphatic heterocycles. The summed E-state index contributed by atoms with van der Waals surface area (Å²) >= 11 is 1.20. The van der Waals surface area contributed by atoms with E-state index in [0.29, 0.717) is 17.4 Å². The van der Waals surface area contributed by atoms with Crippen LogP contribution in [0.5, 0.6) is 0 Å². The highest BCUT2D eigenvalue weighted by Gasteiger charge is 2.09. The van der Waals surface area contributed by atoms with Crippen molar-refractivity contribution in [3.63, 3.8) is 0 Å². The SMILES string of the molecule is CNC1CCCCC1.[B]c1cnc2snc(C=O)c2c1. The Bertz CT molecular complexity index is 567. The number of hydrogen-bond donors (Lipinski definition) is 1. The fourth-order valence-corrected chi connectivity index (χ4v) is 3.03. The molecule has 0 aromatic carbocycles. The summed E-state index contributed by atoms with van der Waals surface area (Å²) in [4.78, 5) is 15.2. The largest absolute Gasteiger partial charge is 0.317 e. The number of rotatable bonds is 2. The first-order valence-electron chi connectivity index (χ1n) is 6.88. The van der Waals surface area contributed by atoms with E-state index in [1.807, 2.05) is 0 Å². The lowest BCUT2D eigenvalue weighted by Crippen LogP contribution is -2.26. The lowest BCUT2D eigenvalue weighted by Gasteiger charge is -2.20. The van der Waals surface area contributed by atoms with Gasteiger partial charge in [-0.1, -0.05) is 30.8 Å². The van der Waals surface area contributed by atoms with E-state index in [0.717, 1.165) is 16.3 Å². The Morgan fingerprint density at radius 2 is 2.15 bits per heavy atom. The molecule has 2 aromatic heterocycles. The molecule has 2 aromatic rings. The van der Waals surface area contributed by atoms with Gasteiger partial charge in [-0.25, -0.2) is 4.98 Å². The number of hydrogen-bond acceptors (Lipinski definition) is 5. The van der Waals surface area contributed by atoms with Gasteiger partial charge in [0.25, 0.3) is 0 Å². The smallest absolute Gasteiger partial charge is 0.170 e. The summed E-state index contributed by atoms with van der Waals surface area (Å²) in [6, 6.07) is 2.54. The summed E-state index contributed by atoms with van der Waals surface area (Å²) in [6.45, 7) is 0. The molecule has 0 atom stereocenters. The molecule has 0 amide bonds. The van der Waals surface area contributed by atoms with Crippen LogP contribution in [0, 0.1) is 0 Å². The zero-order valence-corrected chi connectivity index (χ0v) is 12.4. The van der Waals surface area contributed by atoms with Gasteiger partial charge in [0.1, 0.15) is 18.4 Å². The third-order valence-electron chi connectivity index (χ3n) is 3.50. The van der Waals surface area contributed by atoms with Crippen LogP contribution in [0.15, 0.2) is 12.3 Å². The van der Waals surface area contributed by atoms with Gasteiger partial charge in [0.15, 0.2) is 6.29 Å². The second kappa shape index (κ2) is 7.50. The van der Waals surface area contributed by atoms with Crippen LogP contribution in [-0.2, 0) is 0 Å². The maximum absolute atomic E-state index is 10.5. The van der Waals surface area contributed by atoms with Crippen molar-refractivity contribution in [3.05, 3.63) is 18.0 Å². The highest BCUT2D eigenvalue weighted by atomic mass is 32.1. The van der Waals surface area contributed by atoms with Crippen molar-refractivity contribution in [1.29, 1.82) is 0 Å². The maximum atomic E-state index is 10.5. The molecule has 0 saturated heterocycles. The van der Waals surface area contributed by atoms with Gasteiger partial charge in [0.05, 0.1) is 0 Å². The van der Waals surface area contributed by atoms with E-state index in [2.05, 4.69) is 21.7 Å². The standard InChI is InChI=1S/C7H3BN2OS.C7H15N/c8-4-1-5-6(3-11)10-12-7(5)9-2-4;1-8-7-5-3-2-4-6-7/h1-3H;7-8H,2-6H2,1H3. The molecule has 1 N–H and O–H groups in total. The van der Waals surface area contributed by atoms with Gasteiger partial charge in [0.2, 0.25) is 0 Å². The molecule has 1 aliphatic carbocycles. The molecule has 2 radical (unpaired) electrons. The van der Waals surface area contributed by atoms with Crippen LogP contribution in [0.3, 0.4) is 0 Å². The monoisotopic (exact) mass is 287 g/mol. The number of pyridine rings is 1. The number of aromatic nitrogens is 2. The summed E-state index contributed by atoms with van der Waals surface area (Å²) in [5.41, 5.74) is 0.959. The molecule has 1 aliphatic rings. The summed E-state index contributed by atoms with van der Waals surface area (Å²) in [6.07, 6.45) is 9.39. The highest BCUT2D eigenvalue weighted by Crippen LogP contribution is 2.17. The van der Waals surface area contributed by atoms with E-state index in [9.17, 15) is 4.79 Å². The molecule has 1 fully saturated rings. The summed E-state index contributed by atoms with van der Waals surface area (Å²) < 4.78 is 3.91. The van der Waals surface area contributed by atoms with Crippen LogP contribution in [-0.4, -0.2) is 36.6 Å². The van der Waals surface area contributed by atoms with Crippen LogP contribution >= 0.6 is 11.5 Å². The van der Waals surface area contributed by atoms with Gasteiger partial charge in [-0.3, -0.25) is 4.79 Å². The lowest BCUT2D eigenvalue weighted by atomic mass is 9.96. The number of carbonyl (C=O) groups excluding carboxylic acids is 1. The van der Waals surface area contributed by atoms with E-state index in [4.69, 9.17) is 7.85 Å². The van der Waals surface area contributed by atoms with Gasteiger partial charge >= 0.3 is 0 Å². The van der Waals surface area contributed by atoms with Crippen molar-refractivity contribution >= 4 is 41.3 Å². The zero-order chi connectivity index (χ0) is 14.4. The average molecular weight is 287 g/mol. The van der Waals surface area contributed by atoms with Crippen LogP contribution in [0.25, 0.3) is 10.2 Å². The molecule has 4 nitrogen and oxygen atoms in total. The van der Waals surface area contributed by atoms with E-state index < -0.39 is 0 Å². The molecule has 3 rings (SSSR count). The van der Waals surface area contributed by atoms with Crippen molar-refractivity contribution < 1.29 is 4.79 Å². The predicted molar refractivity (Wildman–Crippen MR) is 84.1 cm³/mol. The minimum Gasteiger partial charge on any atom is -0.317 e. The van der Waals surface area contributed by atoms with Gasteiger partial charge < -0.3 is 5.32 Å². The Hall–Kier alpha value is -1.27. The Morgan fingerprint density at radius 1 is 1.40 bits per heavy atom. The van der Waals surface area contributed by atoms with Crippen molar-refractivity contribution in [3.8, 4) is 0 Å². The van der Waals surface area contributed by atoms with Gasteiger partial charge in [-0.05, 0) is 31.4 Å². The van der Waals surface area contributed by atoms with Crippen molar-refractivity contribution in [2.24, 2.45) is 0 Å². The second-order valence-corrected chi connectivity index (χ2v) is 5.68. The molecule has 2 heterocycles. The number of nitrogens with one attached hydrogen (secondary N) is 1. The van der Waals surface area contributed by atoms with E-state index in [1.54, 1.807) is 12.3 Å². The number of carbonyl (C=O) groups is 1. The van der Waals surface area contributed by atoms with Crippen molar-refractivity contribution in [1.82, 2.24) is 14.7 Å². The summed E-state index contributed by atoms with van der Waals surface area (Å²) in [5.74, 6) is 0. The number of fused-ring (bicyclic) bond motifs is 1. The molecular formula is C14H18BN3OS. The normalized spacial score (nSPS) is 15.7. The van der Waals surface area contributed by atoms with Crippen molar-refractivity contribution in [2.75, 3.05) is 7.05 Å². The van der Waals surface area contributed by atoms with E-state index in [1.165, 1.54) is 43.6 Å². The van der Waals surface area contributed by atoms with E-state index >= 15 is 0 Å². The molecule has 20 heavy (non-hydrogen) atoms. The number of nitrogens with zero attached hydrogens (tertiary/aromatic N) is 2. The van der Waals surface area contributed by atoms with Crippen molar-refractivity contribution in [2.45, 2.75) is 38.1 Å². The quantitative estimate of drug-likeness (QED) is 0.676. The third kappa shape index (κ3) is 3.87. The Morgan fingerprint density at radius 3 is 2.75 bits per heavy atom. The van der Waals surface area contributed by atoms with Gasteiger partial charge in [-0.15, -0.1) is 0 Å². The molecule has 0 spiro atoms. The van der Waals surface area contributed by atoms with Gasteiger partial charge in [-0.2, -0.15) is 4.37 Å². The predicted octanol–water partition coefficient (Wildman–Crippen LogP) is 1.84. The molecule has 0 unspecified atom stereocenters. The van der Waals surface area contributed by atoms with Crippen LogP contribution in [0.2, 0.25) is 0 Å². The third-order valence-corrected chi connectivity index (χ3v) is 4.29. The first-order chi connectivity index (χ1) is 9.74. The topological polar surface area (TPSA) is 54.9 Å². The number of aldehydes is 1. The van der Waals surface area contributed by atoms with Crippen LogP contribution in [0.1, 0.15) is 42.6 Å². The zero-order valence-electron chi connectivity index (χ0n) is 11.6. The van der Waals surface area contributed by atoms with Gasteiger partial charge in [0, 0.05) is 17.6 Å². The fourth-order valence-electron chi connectivity index (χ4n) is 2.34. The summed E-state index contributed by atoms with van der Waals surface area (Å²) in [7, 11) is 7.57. The Balaban J connectivity index is 0.000000160. The second-order valence-electron chi connectivity index (χ2n) is 4.93. The molecule has 6 heteroatoms. The van der Waals surface area contributed by atoms with E-state index in [-0.39, 0.29) is 0 Å². The fraction of sp³-hybridized carbons (Fsp3) is 0.500. The maximum Gasteiger partial charge on any atom is 0.170 e. The summed E-state index contributed by atoms with van der Waals surface area (Å²) in [5, 5.41) is 4.04. The lowest BCUT2D eigenvalue weighted by molar-refractivity contribution is 0.112. The highest BCUT2D eigenvalue weighted by molar-refractivity contribution is 7.13.